The maximum Gasteiger partial charge on any atom is 0.253 e. The molecule has 1 aliphatic heterocycles. The molecule has 2 saturated carbocycles. The number of aliphatic hydroxyl groups is 1. The molecule has 20 heteroatoms. The molecule has 1 unspecified atom stereocenters. The highest BCUT2D eigenvalue weighted by molar-refractivity contribution is 7.91. The van der Waals surface area contributed by atoms with Crippen molar-refractivity contribution in [1.29, 1.82) is 0 Å². The van der Waals surface area contributed by atoms with Gasteiger partial charge < -0.3 is 34.5 Å². The molecular weight excluding hydrogens is 859 g/mol. The Morgan fingerprint density at radius 2 is 1.24 bits per heavy atom. The first-order valence-corrected chi connectivity index (χ1v) is 25.1. The van der Waals surface area contributed by atoms with E-state index < -0.39 is 28.0 Å². The molecule has 3 aliphatic rings. The zero-order valence-electron chi connectivity index (χ0n) is 34.5. The lowest BCUT2D eigenvalue weighted by atomic mass is 9.92. The molecule has 2 aliphatic carbocycles. The molecule has 326 valence electrons. The number of aromatic nitrogens is 10. The van der Waals surface area contributed by atoms with Crippen LogP contribution in [-0.2, 0) is 27.7 Å². The number of rotatable bonds is 13. The first kappa shape index (κ1) is 40.4. The third-order valence-electron chi connectivity index (χ3n) is 12.5. The Morgan fingerprint density at radius 1 is 0.667 bits per heavy atom. The number of thiazole rings is 2. The van der Waals surface area contributed by atoms with Gasteiger partial charge in [0.1, 0.15) is 10.0 Å². The molecule has 0 spiro atoms. The number of nitrogens with zero attached hydrogens (tertiary/aromatic N) is 11. The fourth-order valence-corrected chi connectivity index (χ4v) is 12.0. The van der Waals surface area contributed by atoms with E-state index in [-0.39, 0.29) is 23.1 Å². The van der Waals surface area contributed by atoms with E-state index in [2.05, 4.69) is 41.1 Å². The summed E-state index contributed by atoms with van der Waals surface area (Å²) in [4.78, 5) is 40.6. The summed E-state index contributed by atoms with van der Waals surface area (Å²) in [5.41, 5.74) is 3.96. The normalized spacial score (nSPS) is 21.0. The van der Waals surface area contributed by atoms with Crippen LogP contribution in [0.1, 0.15) is 86.3 Å². The van der Waals surface area contributed by atoms with E-state index in [9.17, 15) is 13.5 Å². The van der Waals surface area contributed by atoms with Crippen molar-refractivity contribution in [1.82, 2.24) is 49.0 Å². The van der Waals surface area contributed by atoms with Gasteiger partial charge in [0, 0.05) is 13.1 Å². The Balaban J connectivity index is 0.883. The van der Waals surface area contributed by atoms with Crippen molar-refractivity contribution in [2.45, 2.75) is 107 Å². The van der Waals surface area contributed by atoms with Crippen LogP contribution in [0.2, 0.25) is 0 Å². The Labute approximate surface area is 371 Å². The molecule has 8 aromatic rings. The summed E-state index contributed by atoms with van der Waals surface area (Å²) in [6.07, 6.45) is 11.0. The molecule has 6 aromatic heterocycles. The molecule has 7 heterocycles. The number of hydrogen-bond acceptors (Lipinski definition) is 17. The molecule has 3 N–H and O–H groups in total. The van der Waals surface area contributed by atoms with Gasteiger partial charge in [0.25, 0.3) is 5.16 Å². The first-order valence-electron chi connectivity index (χ1n) is 21.8. The predicted octanol–water partition coefficient (Wildman–Crippen LogP) is 7.42. The lowest BCUT2D eigenvalue weighted by molar-refractivity contribution is 0.0185. The number of para-hydroxylation sites is 2. The largest absolute Gasteiger partial charge is 0.391 e. The zero-order chi connectivity index (χ0) is 42.5. The number of aliphatic hydroxyl groups excluding tert-OH is 1. The minimum Gasteiger partial charge on any atom is -0.391 e. The van der Waals surface area contributed by atoms with Crippen molar-refractivity contribution >= 4 is 92.9 Å². The summed E-state index contributed by atoms with van der Waals surface area (Å²) in [6, 6.07) is 15.5. The van der Waals surface area contributed by atoms with Gasteiger partial charge in [-0.2, -0.15) is 19.9 Å². The van der Waals surface area contributed by atoms with E-state index in [1.807, 2.05) is 47.0 Å². The molecule has 0 amide bonds. The molecule has 3 fully saturated rings. The Kier molecular flexibility index (Phi) is 10.9. The highest BCUT2D eigenvalue weighted by Crippen LogP contribution is 2.37. The highest BCUT2D eigenvalue weighted by Gasteiger charge is 2.34. The third-order valence-corrected chi connectivity index (χ3v) is 15.7. The van der Waals surface area contributed by atoms with Crippen LogP contribution in [-0.4, -0.2) is 93.8 Å². The monoisotopic (exact) mass is 905 g/mol. The van der Waals surface area contributed by atoms with Crippen molar-refractivity contribution < 1.29 is 18.3 Å². The van der Waals surface area contributed by atoms with Gasteiger partial charge in [-0.25, -0.2) is 28.4 Å². The van der Waals surface area contributed by atoms with E-state index in [1.54, 1.807) is 35.3 Å². The SMILES string of the molecule is O=S(=O)(CO[C@H]1CCCC[C@H]1n1cnc2c(NCc3nc4ccccc4s3)nc(N3CCCC3)nc21)c1nc(NCc2nc3ccccc3s2)c2ncn(C3CCCC[C@@H]3O)c2n1. The average molecular weight is 906 g/mol. The van der Waals surface area contributed by atoms with Gasteiger partial charge in [-0.05, 0) is 62.8 Å². The molecule has 63 heavy (non-hydrogen) atoms. The second-order valence-corrected chi connectivity index (χ2v) is 20.7. The van der Waals surface area contributed by atoms with Gasteiger partial charge >= 0.3 is 0 Å². The summed E-state index contributed by atoms with van der Waals surface area (Å²) in [7, 11) is -4.19. The van der Waals surface area contributed by atoms with Crippen molar-refractivity contribution in [3.05, 3.63) is 71.2 Å². The fourth-order valence-electron chi connectivity index (χ4n) is 9.28. The van der Waals surface area contributed by atoms with Gasteiger partial charge in [-0.3, -0.25) is 0 Å². The standard InChI is InChI=1S/C43H47N13O4S3/c57-30-15-5-3-13-28(30)55-23-46-37-39(45-22-35-49-27-12-2-8-18-33(27)62-35)51-43(53-41(37)55)63(58,59)25-60-31-16-6-4-14-29(31)56-24-47-36-38(50-42(52-40(36)56)54-19-9-10-20-54)44-21-34-48-26-11-1-7-17-32(26)61-34/h1-2,7-8,11-12,17-18,23-24,28-31,57H,3-6,9-10,13-16,19-22,25H2,(H,44,50,52)(H,45,51,53)/t28?,29-,30+,31+/m1/s1. The molecule has 2 aromatic carbocycles. The summed E-state index contributed by atoms with van der Waals surface area (Å²) in [6.45, 7) is 2.54. The molecule has 0 radical (unpaired) electrons. The Hall–Kier alpha value is -5.41. The van der Waals surface area contributed by atoms with Crippen molar-refractivity contribution in [3.63, 3.8) is 0 Å². The zero-order valence-corrected chi connectivity index (χ0v) is 37.0. The number of anilines is 3. The van der Waals surface area contributed by atoms with Crippen LogP contribution in [0, 0.1) is 0 Å². The van der Waals surface area contributed by atoms with Crippen LogP contribution in [0.25, 0.3) is 42.8 Å². The van der Waals surface area contributed by atoms with Crippen LogP contribution in [0.4, 0.5) is 17.6 Å². The first-order chi connectivity index (χ1) is 30.8. The minimum absolute atomic E-state index is 0.221. The number of benzene rings is 2. The van der Waals surface area contributed by atoms with Crippen LogP contribution in [0.5, 0.6) is 0 Å². The van der Waals surface area contributed by atoms with E-state index in [0.717, 1.165) is 94.9 Å². The molecule has 1 saturated heterocycles. The van der Waals surface area contributed by atoms with Gasteiger partial charge in [-0.15, -0.1) is 22.7 Å². The quantitative estimate of drug-likeness (QED) is 0.0964. The fraction of sp³-hybridized carbons (Fsp3) is 0.442. The van der Waals surface area contributed by atoms with E-state index in [4.69, 9.17) is 29.7 Å². The van der Waals surface area contributed by atoms with Crippen LogP contribution in [0.15, 0.2) is 66.3 Å². The van der Waals surface area contributed by atoms with Gasteiger partial charge in [0.05, 0.1) is 70.5 Å². The molecule has 17 nitrogen and oxygen atoms in total. The van der Waals surface area contributed by atoms with Crippen molar-refractivity contribution in [2.24, 2.45) is 0 Å². The number of imidazole rings is 2. The van der Waals surface area contributed by atoms with Gasteiger partial charge in [-0.1, -0.05) is 49.9 Å². The lowest BCUT2D eigenvalue weighted by Crippen LogP contribution is -2.32. The highest BCUT2D eigenvalue weighted by atomic mass is 32.2. The Morgan fingerprint density at radius 3 is 1.89 bits per heavy atom. The van der Waals surface area contributed by atoms with Crippen LogP contribution < -0.4 is 15.5 Å². The summed E-state index contributed by atoms with van der Waals surface area (Å²) in [5, 5.41) is 19.3. The molecule has 11 rings (SSSR count). The van der Waals surface area contributed by atoms with Crippen molar-refractivity contribution in [2.75, 3.05) is 34.6 Å². The average Bonchev–Trinajstić information content (AvgIpc) is 4.16. The smallest absolute Gasteiger partial charge is 0.253 e. The topological polar surface area (TPSA) is 204 Å². The number of fused-ring (bicyclic) bond motifs is 4. The lowest BCUT2D eigenvalue weighted by Gasteiger charge is -2.32. The summed E-state index contributed by atoms with van der Waals surface area (Å²) in [5.74, 6) is 0.941. The van der Waals surface area contributed by atoms with E-state index in [0.29, 0.717) is 60.0 Å². The van der Waals surface area contributed by atoms with Gasteiger partial charge in [0.15, 0.2) is 39.9 Å². The third kappa shape index (κ3) is 7.96. The summed E-state index contributed by atoms with van der Waals surface area (Å²) >= 11 is 3.21. The number of nitrogens with one attached hydrogen (secondary N) is 2. The van der Waals surface area contributed by atoms with Gasteiger partial charge in [0.2, 0.25) is 15.8 Å². The molecule has 4 atom stereocenters. The second kappa shape index (κ2) is 16.9. The molecule has 0 bridgehead atoms. The Bertz CT molecular complexity index is 2990. The van der Waals surface area contributed by atoms with E-state index in [1.165, 1.54) is 0 Å². The maximum absolute atomic E-state index is 14.4. The predicted molar refractivity (Wildman–Crippen MR) is 244 cm³/mol. The number of hydrogen-bond donors (Lipinski definition) is 3. The maximum atomic E-state index is 14.4. The van der Waals surface area contributed by atoms with Crippen LogP contribution in [0.3, 0.4) is 0 Å². The minimum atomic E-state index is -4.19. The van der Waals surface area contributed by atoms with E-state index >= 15 is 0 Å². The van der Waals surface area contributed by atoms with Crippen molar-refractivity contribution in [3.8, 4) is 0 Å². The number of sulfone groups is 1. The number of ether oxygens (including phenoxy) is 1. The summed E-state index contributed by atoms with van der Waals surface area (Å²) < 4.78 is 41.3. The van der Waals surface area contributed by atoms with Crippen LogP contribution >= 0.6 is 22.7 Å². The molecular formula is C43H47N13O4S3. The second-order valence-electron chi connectivity index (χ2n) is 16.6.